The van der Waals surface area contributed by atoms with Crippen molar-refractivity contribution >= 4 is 17.9 Å². The monoisotopic (exact) mass is 408 g/mol. The van der Waals surface area contributed by atoms with E-state index >= 15 is 0 Å². The zero-order valence-electron chi connectivity index (χ0n) is 17.7. The third kappa shape index (κ3) is 8.95. The third-order valence-electron chi connectivity index (χ3n) is 4.57. The zero-order chi connectivity index (χ0) is 22.1. The Balaban J connectivity index is 5.17. The first-order valence-electron chi connectivity index (χ1n) is 10.2. The van der Waals surface area contributed by atoms with Crippen LogP contribution < -0.4 is 0 Å². The number of esters is 3. The molecule has 0 heterocycles. The topological polar surface area (TPSA) is 126 Å². The van der Waals surface area contributed by atoms with E-state index in [1.807, 2.05) is 12.1 Å². The van der Waals surface area contributed by atoms with Gasteiger partial charge in [0.25, 0.3) is 0 Å². The maximum absolute atomic E-state index is 12.6. The Morgan fingerprint density at radius 1 is 0.897 bits per heavy atom. The molecule has 0 rings (SSSR count). The summed E-state index contributed by atoms with van der Waals surface area (Å²) >= 11 is 0. The second-order valence-electron chi connectivity index (χ2n) is 6.52. The van der Waals surface area contributed by atoms with Gasteiger partial charge in [-0.25, -0.2) is 0 Å². The van der Waals surface area contributed by atoms with Gasteiger partial charge in [-0.2, -0.15) is 10.5 Å². The summed E-state index contributed by atoms with van der Waals surface area (Å²) in [6.07, 6.45) is 3.16. The molecule has 0 spiro atoms. The first-order chi connectivity index (χ1) is 13.9. The average Bonchev–Trinajstić information content (AvgIpc) is 2.69. The molecule has 2 unspecified atom stereocenters. The van der Waals surface area contributed by atoms with Gasteiger partial charge in [-0.1, -0.05) is 19.3 Å². The van der Waals surface area contributed by atoms with Crippen LogP contribution in [-0.2, 0) is 28.6 Å². The van der Waals surface area contributed by atoms with Crippen LogP contribution in [0.4, 0.5) is 0 Å². The largest absolute Gasteiger partial charge is 0.466 e. The zero-order valence-corrected chi connectivity index (χ0v) is 17.7. The van der Waals surface area contributed by atoms with Gasteiger partial charge < -0.3 is 14.2 Å². The first kappa shape index (κ1) is 26.4. The molecule has 8 heteroatoms. The Labute approximate surface area is 173 Å². The number of hydrogen-bond donors (Lipinski definition) is 0. The average molecular weight is 408 g/mol. The summed E-state index contributed by atoms with van der Waals surface area (Å²) in [6.45, 7) is 5.57. The molecule has 0 radical (unpaired) electrons. The Morgan fingerprint density at radius 3 is 2.07 bits per heavy atom. The van der Waals surface area contributed by atoms with Gasteiger partial charge in [-0.15, -0.1) is 0 Å². The van der Waals surface area contributed by atoms with Crippen LogP contribution in [-0.4, -0.2) is 37.7 Å². The van der Waals surface area contributed by atoms with Gasteiger partial charge in [0.15, 0.2) is 5.41 Å². The van der Waals surface area contributed by atoms with E-state index in [2.05, 4.69) is 0 Å². The summed E-state index contributed by atoms with van der Waals surface area (Å²) in [5.74, 6) is -2.67. The summed E-state index contributed by atoms with van der Waals surface area (Å²) in [7, 11) is 0. The second kappa shape index (κ2) is 15.3. The van der Waals surface area contributed by atoms with Gasteiger partial charge >= 0.3 is 17.9 Å². The standard InChI is InChI=1S/C21H32N2O6/c1-4-27-18(24)13-10-8-7-9-12-17(19(25)28-5-2)21(16-23,14-11-15-22)20(26)29-6-3/h17H,4-14H2,1-3H3. The van der Waals surface area contributed by atoms with E-state index in [1.54, 1.807) is 20.8 Å². The molecule has 0 aliphatic rings. The molecule has 0 aliphatic carbocycles. The minimum atomic E-state index is -1.75. The molecule has 0 aliphatic heterocycles. The maximum atomic E-state index is 12.6. The lowest BCUT2D eigenvalue weighted by molar-refractivity contribution is -0.166. The Kier molecular flexibility index (Phi) is 13.9. The molecule has 8 nitrogen and oxygen atoms in total. The van der Waals surface area contributed by atoms with Crippen LogP contribution in [0.25, 0.3) is 0 Å². The van der Waals surface area contributed by atoms with Gasteiger partial charge in [-0.05, 0) is 40.0 Å². The molecule has 2 atom stereocenters. The van der Waals surface area contributed by atoms with E-state index in [0.717, 1.165) is 12.8 Å². The lowest BCUT2D eigenvalue weighted by Gasteiger charge is -2.31. The van der Waals surface area contributed by atoms with Gasteiger partial charge in [0.05, 0.1) is 37.9 Å². The van der Waals surface area contributed by atoms with Crippen molar-refractivity contribution in [2.45, 2.75) is 72.1 Å². The summed E-state index contributed by atoms with van der Waals surface area (Å²) in [4.78, 5) is 36.5. The Morgan fingerprint density at radius 2 is 1.52 bits per heavy atom. The number of carbonyl (C=O) groups is 3. The lowest BCUT2D eigenvalue weighted by Crippen LogP contribution is -2.43. The normalized spacial score (nSPS) is 13.3. The molecule has 162 valence electrons. The maximum Gasteiger partial charge on any atom is 0.327 e. The van der Waals surface area contributed by atoms with Crippen molar-refractivity contribution in [3.63, 3.8) is 0 Å². The molecule has 0 fully saturated rings. The second-order valence-corrected chi connectivity index (χ2v) is 6.52. The number of hydrogen-bond acceptors (Lipinski definition) is 8. The highest BCUT2D eigenvalue weighted by Crippen LogP contribution is 2.38. The molecule has 0 bridgehead atoms. The third-order valence-corrected chi connectivity index (χ3v) is 4.57. The lowest BCUT2D eigenvalue weighted by atomic mass is 9.71. The van der Waals surface area contributed by atoms with Gasteiger partial charge in [0.1, 0.15) is 0 Å². The fourth-order valence-corrected chi connectivity index (χ4v) is 3.12. The van der Waals surface area contributed by atoms with Crippen LogP contribution in [0.1, 0.15) is 72.1 Å². The van der Waals surface area contributed by atoms with Gasteiger partial charge in [0.2, 0.25) is 0 Å². The molecular formula is C21H32N2O6. The van der Waals surface area contributed by atoms with Crippen molar-refractivity contribution in [3.05, 3.63) is 0 Å². The number of nitriles is 2. The van der Waals surface area contributed by atoms with Crippen LogP contribution in [0.3, 0.4) is 0 Å². The molecule has 0 aromatic heterocycles. The highest BCUT2D eigenvalue weighted by molar-refractivity contribution is 5.88. The Bertz CT molecular complexity index is 607. The minimum Gasteiger partial charge on any atom is -0.466 e. The number of carbonyl (C=O) groups excluding carboxylic acids is 3. The predicted molar refractivity (Wildman–Crippen MR) is 104 cm³/mol. The highest BCUT2D eigenvalue weighted by Gasteiger charge is 2.51. The molecule has 0 saturated heterocycles. The van der Waals surface area contributed by atoms with Gasteiger partial charge in [0, 0.05) is 12.8 Å². The van der Waals surface area contributed by atoms with Crippen molar-refractivity contribution in [2.75, 3.05) is 19.8 Å². The fraction of sp³-hybridized carbons (Fsp3) is 0.762. The molecule has 0 aromatic carbocycles. The molecule has 0 amide bonds. The van der Waals surface area contributed by atoms with Crippen LogP contribution in [0.5, 0.6) is 0 Å². The molecular weight excluding hydrogens is 376 g/mol. The number of rotatable bonds is 15. The minimum absolute atomic E-state index is 0.0538. The van der Waals surface area contributed by atoms with E-state index in [-0.39, 0.29) is 38.4 Å². The number of nitrogens with zero attached hydrogens (tertiary/aromatic N) is 2. The molecule has 29 heavy (non-hydrogen) atoms. The van der Waals surface area contributed by atoms with Crippen molar-refractivity contribution in [2.24, 2.45) is 11.3 Å². The van der Waals surface area contributed by atoms with Gasteiger partial charge in [-0.3, -0.25) is 14.4 Å². The molecule has 0 aromatic rings. The van der Waals surface area contributed by atoms with E-state index in [4.69, 9.17) is 19.5 Å². The van der Waals surface area contributed by atoms with Crippen LogP contribution in [0, 0.1) is 34.0 Å². The SMILES string of the molecule is CCOC(=O)CCCCCCC(C(=O)OCC)C(C#N)(CCC#N)C(=O)OCC. The van der Waals surface area contributed by atoms with Crippen molar-refractivity contribution < 1.29 is 28.6 Å². The Hall–Kier alpha value is -2.61. The molecule has 0 saturated carbocycles. The van der Waals surface area contributed by atoms with E-state index < -0.39 is 23.3 Å². The smallest absolute Gasteiger partial charge is 0.327 e. The number of ether oxygens (including phenoxy) is 3. The molecule has 0 N–H and O–H groups in total. The number of unbranched alkanes of at least 4 members (excludes halogenated alkanes) is 3. The van der Waals surface area contributed by atoms with Crippen LogP contribution in [0.2, 0.25) is 0 Å². The van der Waals surface area contributed by atoms with E-state index in [9.17, 15) is 19.6 Å². The predicted octanol–water partition coefficient (Wildman–Crippen LogP) is 3.45. The summed E-state index contributed by atoms with van der Waals surface area (Å²) in [5, 5.41) is 18.8. The first-order valence-corrected chi connectivity index (χ1v) is 10.2. The summed E-state index contributed by atoms with van der Waals surface area (Å²) < 4.78 is 15.1. The quantitative estimate of drug-likeness (QED) is 0.229. The van der Waals surface area contributed by atoms with Crippen molar-refractivity contribution in [3.8, 4) is 12.1 Å². The van der Waals surface area contributed by atoms with Crippen LogP contribution >= 0.6 is 0 Å². The summed E-state index contributed by atoms with van der Waals surface area (Å²) in [5.41, 5.74) is -1.75. The fourth-order valence-electron chi connectivity index (χ4n) is 3.12. The van der Waals surface area contributed by atoms with Crippen molar-refractivity contribution in [1.29, 1.82) is 10.5 Å². The van der Waals surface area contributed by atoms with E-state index in [1.165, 1.54) is 0 Å². The van der Waals surface area contributed by atoms with Crippen LogP contribution in [0.15, 0.2) is 0 Å². The highest BCUT2D eigenvalue weighted by atomic mass is 16.5. The van der Waals surface area contributed by atoms with Crippen molar-refractivity contribution in [1.82, 2.24) is 0 Å². The summed E-state index contributed by atoms with van der Waals surface area (Å²) in [6, 6.07) is 3.90. The van der Waals surface area contributed by atoms with E-state index in [0.29, 0.717) is 25.9 Å².